The molecule has 0 bridgehead atoms. The lowest BCUT2D eigenvalue weighted by Gasteiger charge is -2.39. The highest BCUT2D eigenvalue weighted by Crippen LogP contribution is 2.35. The van der Waals surface area contributed by atoms with Gasteiger partial charge in [-0.15, -0.1) is 0 Å². The number of hydrogen-bond acceptors (Lipinski definition) is 4. The standard InChI is InChI=1S/C22H18ClN3O2/c1-14(15-8-4-7-13-20(15)27)25-26-21(16-9-2-5-11-18(16)23)24-19-12-6-3-10-17(19)22(26)28/h2-13,21,24-25,27H,1H2/t21-/m1/s1. The number of fused-ring (bicyclic) bond motifs is 1. The first-order valence-electron chi connectivity index (χ1n) is 8.74. The van der Waals surface area contributed by atoms with Gasteiger partial charge in [0.25, 0.3) is 5.91 Å². The molecule has 1 heterocycles. The SMILES string of the molecule is C=C(NN1C(=O)c2ccccc2N[C@H]1c1ccccc1Cl)c1ccccc1O. The second-order valence-corrected chi connectivity index (χ2v) is 6.80. The van der Waals surface area contributed by atoms with Gasteiger partial charge in [-0.05, 0) is 30.3 Å². The second kappa shape index (κ2) is 7.29. The second-order valence-electron chi connectivity index (χ2n) is 6.40. The molecule has 28 heavy (non-hydrogen) atoms. The van der Waals surface area contributed by atoms with E-state index in [9.17, 15) is 9.90 Å². The van der Waals surface area contributed by atoms with Crippen LogP contribution in [0.5, 0.6) is 5.75 Å². The molecule has 0 saturated carbocycles. The van der Waals surface area contributed by atoms with Crippen LogP contribution in [0.4, 0.5) is 5.69 Å². The fourth-order valence-corrected chi connectivity index (χ4v) is 3.46. The molecule has 5 nitrogen and oxygen atoms in total. The van der Waals surface area contributed by atoms with Gasteiger partial charge < -0.3 is 10.4 Å². The molecule has 0 radical (unpaired) electrons. The van der Waals surface area contributed by atoms with Crippen LogP contribution in [0, 0.1) is 0 Å². The number of hydrazine groups is 1. The minimum Gasteiger partial charge on any atom is -0.507 e. The Hall–Kier alpha value is -3.44. The Morgan fingerprint density at radius 2 is 1.71 bits per heavy atom. The van der Waals surface area contributed by atoms with Gasteiger partial charge in [-0.1, -0.05) is 60.6 Å². The number of halogens is 1. The fraction of sp³-hybridized carbons (Fsp3) is 0.0455. The topological polar surface area (TPSA) is 64.6 Å². The van der Waals surface area contributed by atoms with Crippen molar-refractivity contribution in [3.63, 3.8) is 0 Å². The number of hydrogen-bond donors (Lipinski definition) is 3. The summed E-state index contributed by atoms with van der Waals surface area (Å²) in [5.41, 5.74) is 5.95. The highest BCUT2D eigenvalue weighted by molar-refractivity contribution is 6.31. The maximum atomic E-state index is 13.2. The maximum Gasteiger partial charge on any atom is 0.276 e. The van der Waals surface area contributed by atoms with Gasteiger partial charge in [0.15, 0.2) is 0 Å². The third-order valence-electron chi connectivity index (χ3n) is 4.61. The minimum absolute atomic E-state index is 0.0760. The van der Waals surface area contributed by atoms with E-state index in [1.807, 2.05) is 36.4 Å². The molecule has 3 aromatic carbocycles. The Bertz CT molecular complexity index is 1070. The third-order valence-corrected chi connectivity index (χ3v) is 4.96. The number of carbonyl (C=O) groups is 1. The van der Waals surface area contributed by atoms with Gasteiger partial charge >= 0.3 is 0 Å². The monoisotopic (exact) mass is 391 g/mol. The van der Waals surface area contributed by atoms with Crippen molar-refractivity contribution < 1.29 is 9.90 Å². The normalized spacial score (nSPS) is 15.5. The molecule has 0 aromatic heterocycles. The van der Waals surface area contributed by atoms with E-state index in [0.29, 0.717) is 21.8 Å². The first-order chi connectivity index (χ1) is 13.6. The molecule has 0 aliphatic carbocycles. The van der Waals surface area contributed by atoms with Gasteiger partial charge in [0.1, 0.15) is 11.9 Å². The van der Waals surface area contributed by atoms with Gasteiger partial charge in [0, 0.05) is 21.8 Å². The summed E-state index contributed by atoms with van der Waals surface area (Å²) >= 11 is 6.41. The van der Waals surface area contributed by atoms with Crippen LogP contribution in [0.2, 0.25) is 5.02 Å². The van der Waals surface area contributed by atoms with Crippen LogP contribution in [-0.4, -0.2) is 16.0 Å². The molecule has 1 aliphatic heterocycles. The molecular weight excluding hydrogens is 374 g/mol. The Labute approximate surface area is 167 Å². The molecule has 0 unspecified atom stereocenters. The summed E-state index contributed by atoms with van der Waals surface area (Å²) in [6, 6.07) is 21.4. The Morgan fingerprint density at radius 3 is 2.50 bits per heavy atom. The predicted octanol–water partition coefficient (Wildman–Crippen LogP) is 4.79. The molecule has 6 heteroatoms. The van der Waals surface area contributed by atoms with Gasteiger partial charge in [-0.25, -0.2) is 5.01 Å². The van der Waals surface area contributed by atoms with Crippen LogP contribution in [0.25, 0.3) is 5.70 Å². The molecular formula is C22H18ClN3O2. The number of aromatic hydroxyl groups is 1. The molecule has 1 amide bonds. The quantitative estimate of drug-likeness (QED) is 0.598. The van der Waals surface area contributed by atoms with E-state index >= 15 is 0 Å². The number of benzene rings is 3. The maximum absolute atomic E-state index is 13.2. The molecule has 4 rings (SSSR count). The van der Waals surface area contributed by atoms with Crippen molar-refractivity contribution in [2.45, 2.75) is 6.17 Å². The van der Waals surface area contributed by atoms with E-state index in [2.05, 4.69) is 17.3 Å². The average molecular weight is 392 g/mol. The van der Waals surface area contributed by atoms with E-state index in [4.69, 9.17) is 11.6 Å². The van der Waals surface area contributed by atoms with Gasteiger partial charge in [0.05, 0.1) is 11.3 Å². The molecule has 1 aliphatic rings. The van der Waals surface area contributed by atoms with Crippen molar-refractivity contribution in [2.24, 2.45) is 0 Å². The average Bonchev–Trinajstić information content (AvgIpc) is 2.71. The highest BCUT2D eigenvalue weighted by Gasteiger charge is 2.34. The van der Waals surface area contributed by atoms with Crippen molar-refractivity contribution in [3.8, 4) is 5.75 Å². The zero-order valence-corrected chi connectivity index (χ0v) is 15.6. The summed E-state index contributed by atoms with van der Waals surface area (Å²) in [5.74, 6) is -0.150. The highest BCUT2D eigenvalue weighted by atomic mass is 35.5. The van der Waals surface area contributed by atoms with Crippen LogP contribution in [0.15, 0.2) is 79.4 Å². The number of phenolic OH excluding ortho intramolecular Hbond substituents is 1. The first kappa shape index (κ1) is 17.9. The van der Waals surface area contributed by atoms with Crippen LogP contribution < -0.4 is 10.7 Å². The summed E-state index contributed by atoms with van der Waals surface area (Å²) < 4.78 is 0. The number of amides is 1. The van der Waals surface area contributed by atoms with Crippen molar-refractivity contribution in [1.29, 1.82) is 0 Å². The number of carbonyl (C=O) groups excluding carboxylic acids is 1. The van der Waals surface area contributed by atoms with Gasteiger partial charge in [-0.2, -0.15) is 0 Å². The summed E-state index contributed by atoms with van der Waals surface area (Å²) in [5, 5.41) is 15.5. The van der Waals surface area contributed by atoms with Gasteiger partial charge in [-0.3, -0.25) is 10.2 Å². The number of nitrogens with zero attached hydrogens (tertiary/aromatic N) is 1. The minimum atomic E-state index is -0.557. The van der Waals surface area contributed by atoms with Crippen LogP contribution in [-0.2, 0) is 0 Å². The molecule has 0 saturated heterocycles. The van der Waals surface area contributed by atoms with Crippen LogP contribution in [0.1, 0.15) is 27.7 Å². The van der Waals surface area contributed by atoms with E-state index < -0.39 is 6.17 Å². The van der Waals surface area contributed by atoms with Crippen LogP contribution >= 0.6 is 11.6 Å². The summed E-state index contributed by atoms with van der Waals surface area (Å²) in [6.45, 7) is 4.00. The van der Waals surface area contributed by atoms with Crippen molar-refractivity contribution >= 4 is 28.9 Å². The van der Waals surface area contributed by atoms with Crippen molar-refractivity contribution in [1.82, 2.24) is 10.4 Å². The number of rotatable bonds is 4. The molecule has 1 atom stereocenters. The Kier molecular flexibility index (Phi) is 4.67. The summed E-state index contributed by atoms with van der Waals surface area (Å²) in [6.07, 6.45) is -0.557. The molecule has 3 N–H and O–H groups in total. The fourth-order valence-electron chi connectivity index (χ4n) is 3.22. The van der Waals surface area contributed by atoms with E-state index in [0.717, 1.165) is 11.3 Å². The van der Waals surface area contributed by atoms with E-state index in [1.165, 1.54) is 5.01 Å². The van der Waals surface area contributed by atoms with Gasteiger partial charge in [0.2, 0.25) is 0 Å². The lowest BCUT2D eigenvalue weighted by Crippen LogP contribution is -2.50. The first-order valence-corrected chi connectivity index (χ1v) is 9.11. The number of nitrogens with one attached hydrogen (secondary N) is 2. The molecule has 140 valence electrons. The predicted molar refractivity (Wildman–Crippen MR) is 111 cm³/mol. The summed E-state index contributed by atoms with van der Waals surface area (Å²) in [4.78, 5) is 13.2. The molecule has 3 aromatic rings. The smallest absolute Gasteiger partial charge is 0.276 e. The van der Waals surface area contributed by atoms with E-state index in [1.54, 1.807) is 36.4 Å². The number of para-hydroxylation sites is 2. The zero-order chi connectivity index (χ0) is 19.7. The molecule has 0 spiro atoms. The third kappa shape index (κ3) is 3.17. The van der Waals surface area contributed by atoms with E-state index in [-0.39, 0.29) is 11.7 Å². The largest absolute Gasteiger partial charge is 0.507 e. The Morgan fingerprint density at radius 1 is 1.04 bits per heavy atom. The van der Waals surface area contributed by atoms with Crippen LogP contribution in [0.3, 0.4) is 0 Å². The lowest BCUT2D eigenvalue weighted by atomic mass is 10.0. The Balaban J connectivity index is 1.75. The van der Waals surface area contributed by atoms with Crippen molar-refractivity contribution in [3.05, 3.63) is 101 Å². The number of phenols is 1. The molecule has 0 fully saturated rings. The number of anilines is 1. The lowest BCUT2D eigenvalue weighted by molar-refractivity contribution is 0.0613. The summed E-state index contributed by atoms with van der Waals surface area (Å²) in [7, 11) is 0. The zero-order valence-electron chi connectivity index (χ0n) is 14.9. The van der Waals surface area contributed by atoms with Crippen molar-refractivity contribution in [2.75, 3.05) is 5.32 Å².